The van der Waals surface area contributed by atoms with E-state index in [2.05, 4.69) is 5.32 Å². The summed E-state index contributed by atoms with van der Waals surface area (Å²) in [6.45, 7) is 3.80. The summed E-state index contributed by atoms with van der Waals surface area (Å²) in [7, 11) is 0. The summed E-state index contributed by atoms with van der Waals surface area (Å²) in [6.07, 6.45) is 2.12. The Bertz CT molecular complexity index is 754. The van der Waals surface area contributed by atoms with E-state index in [0.29, 0.717) is 5.02 Å². The molecule has 1 aromatic heterocycles. The number of carbonyl (C=O) groups excluding carboxylic acids is 2. The third kappa shape index (κ3) is 5.51. The van der Waals surface area contributed by atoms with Gasteiger partial charge in [-0.15, -0.1) is 11.3 Å². The molecule has 6 heteroatoms. The van der Waals surface area contributed by atoms with E-state index in [0.717, 1.165) is 15.3 Å². The lowest BCUT2D eigenvalue weighted by molar-refractivity contribution is -0.150. The molecule has 0 aliphatic heterocycles. The Morgan fingerprint density at radius 3 is 2.71 bits per heavy atom. The first-order valence-electron chi connectivity index (χ1n) is 7.42. The van der Waals surface area contributed by atoms with Crippen LogP contribution in [0.1, 0.15) is 22.2 Å². The number of rotatable bonds is 6. The highest BCUT2D eigenvalue weighted by Crippen LogP contribution is 2.16. The van der Waals surface area contributed by atoms with Crippen LogP contribution in [-0.2, 0) is 20.9 Å². The monoisotopic (exact) mass is 363 g/mol. The second kappa shape index (κ2) is 8.66. The van der Waals surface area contributed by atoms with Crippen LogP contribution >= 0.6 is 22.9 Å². The van der Waals surface area contributed by atoms with Crippen molar-refractivity contribution in [2.45, 2.75) is 26.5 Å². The van der Waals surface area contributed by atoms with Crippen LogP contribution < -0.4 is 5.32 Å². The van der Waals surface area contributed by atoms with E-state index in [4.69, 9.17) is 16.3 Å². The smallest absolute Gasteiger partial charge is 0.331 e. The van der Waals surface area contributed by atoms with E-state index in [1.165, 1.54) is 13.0 Å². The second-order valence-corrected chi connectivity index (χ2v) is 6.90. The summed E-state index contributed by atoms with van der Waals surface area (Å²) in [4.78, 5) is 25.9. The van der Waals surface area contributed by atoms with Gasteiger partial charge in [-0.05, 0) is 43.7 Å². The first kappa shape index (κ1) is 18.2. The first-order chi connectivity index (χ1) is 11.5. The number of hydrogen-bond acceptors (Lipinski definition) is 4. The van der Waals surface area contributed by atoms with Gasteiger partial charge in [0.15, 0.2) is 6.10 Å². The van der Waals surface area contributed by atoms with E-state index < -0.39 is 12.1 Å². The van der Waals surface area contributed by atoms with Gasteiger partial charge in [-0.3, -0.25) is 4.79 Å². The number of aryl methyl sites for hydroxylation is 1. The lowest BCUT2D eigenvalue weighted by Gasteiger charge is -2.12. The minimum atomic E-state index is -0.880. The van der Waals surface area contributed by atoms with Crippen molar-refractivity contribution in [1.29, 1.82) is 0 Å². The fourth-order valence-corrected chi connectivity index (χ4v) is 2.91. The van der Waals surface area contributed by atoms with Crippen molar-refractivity contribution in [3.8, 4) is 0 Å². The number of hydrogen-bond donors (Lipinski definition) is 1. The molecule has 0 bridgehead atoms. The van der Waals surface area contributed by atoms with Crippen LogP contribution in [0.5, 0.6) is 0 Å². The van der Waals surface area contributed by atoms with E-state index in [1.807, 2.05) is 37.3 Å². The molecule has 1 atom stereocenters. The number of amides is 1. The zero-order chi connectivity index (χ0) is 17.5. The van der Waals surface area contributed by atoms with E-state index >= 15 is 0 Å². The molecule has 1 heterocycles. The van der Waals surface area contributed by atoms with Gasteiger partial charge in [0.25, 0.3) is 5.91 Å². The molecule has 0 unspecified atom stereocenters. The van der Waals surface area contributed by atoms with Gasteiger partial charge in [0.1, 0.15) is 0 Å². The second-order valence-electron chi connectivity index (χ2n) is 5.17. The van der Waals surface area contributed by atoms with Crippen molar-refractivity contribution in [3.63, 3.8) is 0 Å². The Hall–Kier alpha value is -2.11. The van der Waals surface area contributed by atoms with Crippen molar-refractivity contribution in [2.75, 3.05) is 0 Å². The zero-order valence-electron chi connectivity index (χ0n) is 13.4. The van der Waals surface area contributed by atoms with Gasteiger partial charge in [0.2, 0.25) is 0 Å². The molecule has 2 aromatic rings. The summed E-state index contributed by atoms with van der Waals surface area (Å²) in [6, 6.07) is 11.1. The molecule has 1 aromatic carbocycles. The highest BCUT2D eigenvalue weighted by Gasteiger charge is 2.16. The lowest BCUT2D eigenvalue weighted by atomic mass is 10.2. The van der Waals surface area contributed by atoms with Crippen LogP contribution in [0.4, 0.5) is 0 Å². The largest absolute Gasteiger partial charge is 0.449 e. The van der Waals surface area contributed by atoms with Crippen molar-refractivity contribution in [2.24, 2.45) is 0 Å². The highest BCUT2D eigenvalue weighted by molar-refractivity contribution is 7.12. The zero-order valence-corrected chi connectivity index (χ0v) is 15.0. The minimum absolute atomic E-state index is 0.282. The number of benzene rings is 1. The molecule has 4 nitrogen and oxygen atoms in total. The van der Waals surface area contributed by atoms with E-state index in [1.54, 1.807) is 23.5 Å². The number of nitrogens with one attached hydrogen (secondary N) is 1. The molecule has 1 amide bonds. The average molecular weight is 364 g/mol. The topological polar surface area (TPSA) is 55.4 Å². The fourth-order valence-electron chi connectivity index (χ4n) is 1.93. The van der Waals surface area contributed by atoms with Crippen LogP contribution in [0.2, 0.25) is 5.02 Å². The Morgan fingerprint density at radius 2 is 2.04 bits per heavy atom. The maximum absolute atomic E-state index is 12.0. The Morgan fingerprint density at radius 1 is 1.29 bits per heavy atom. The standard InChI is InChI=1S/C18H18ClNO3S/c1-12-7-8-15(24-12)9-10-17(21)23-13(2)18(22)20-11-14-5-3-4-6-16(14)19/h3-10,13H,11H2,1-2H3,(H,20,22)/b10-9+/t13-/m0/s1. The molecule has 0 aliphatic carbocycles. The summed E-state index contributed by atoms with van der Waals surface area (Å²) >= 11 is 7.60. The van der Waals surface area contributed by atoms with E-state index in [9.17, 15) is 9.59 Å². The molecule has 24 heavy (non-hydrogen) atoms. The van der Waals surface area contributed by atoms with Gasteiger partial charge in [-0.25, -0.2) is 4.79 Å². The molecule has 0 fully saturated rings. The normalized spacial score (nSPS) is 12.1. The third-order valence-corrected chi connectivity index (χ3v) is 4.55. The summed E-state index contributed by atoms with van der Waals surface area (Å²) in [5.74, 6) is -0.926. The third-order valence-electron chi connectivity index (χ3n) is 3.22. The molecule has 2 rings (SSSR count). The number of carbonyl (C=O) groups is 2. The SMILES string of the molecule is Cc1ccc(/C=C/C(=O)O[C@@H](C)C(=O)NCc2ccccc2Cl)s1. The van der Waals surface area contributed by atoms with Gasteiger partial charge in [-0.1, -0.05) is 29.8 Å². The first-order valence-corrected chi connectivity index (χ1v) is 8.61. The summed E-state index contributed by atoms with van der Waals surface area (Å²) in [5.41, 5.74) is 0.805. The molecule has 0 spiro atoms. The molecule has 0 radical (unpaired) electrons. The number of halogens is 1. The average Bonchev–Trinajstić information content (AvgIpc) is 2.97. The van der Waals surface area contributed by atoms with Crippen molar-refractivity contribution in [1.82, 2.24) is 5.32 Å². The summed E-state index contributed by atoms with van der Waals surface area (Å²) in [5, 5.41) is 3.28. The lowest BCUT2D eigenvalue weighted by Crippen LogP contribution is -2.35. The van der Waals surface area contributed by atoms with Gasteiger partial charge in [-0.2, -0.15) is 0 Å². The van der Waals surface area contributed by atoms with Crippen molar-refractivity contribution >= 4 is 40.9 Å². The van der Waals surface area contributed by atoms with Crippen LogP contribution in [0.3, 0.4) is 0 Å². The molecular formula is C18H18ClNO3S. The molecular weight excluding hydrogens is 346 g/mol. The summed E-state index contributed by atoms with van der Waals surface area (Å²) < 4.78 is 5.09. The predicted octanol–water partition coefficient (Wildman–Crippen LogP) is 3.97. The quantitative estimate of drug-likeness (QED) is 0.624. The van der Waals surface area contributed by atoms with Crippen LogP contribution in [-0.4, -0.2) is 18.0 Å². The van der Waals surface area contributed by atoms with Crippen LogP contribution in [0.25, 0.3) is 6.08 Å². The van der Waals surface area contributed by atoms with Crippen molar-refractivity contribution in [3.05, 3.63) is 62.8 Å². The maximum Gasteiger partial charge on any atom is 0.331 e. The number of esters is 1. The Kier molecular flexibility index (Phi) is 6.58. The van der Waals surface area contributed by atoms with Crippen LogP contribution in [0.15, 0.2) is 42.5 Å². The maximum atomic E-state index is 12.0. The fraction of sp³-hybridized carbons (Fsp3) is 0.222. The van der Waals surface area contributed by atoms with E-state index in [-0.39, 0.29) is 12.5 Å². The highest BCUT2D eigenvalue weighted by atomic mass is 35.5. The molecule has 126 valence electrons. The Labute approximate surface area is 150 Å². The molecule has 0 aliphatic rings. The van der Waals surface area contributed by atoms with Gasteiger partial charge >= 0.3 is 5.97 Å². The molecule has 1 N–H and O–H groups in total. The Balaban J connectivity index is 1.81. The number of ether oxygens (including phenoxy) is 1. The van der Waals surface area contributed by atoms with Crippen molar-refractivity contribution < 1.29 is 14.3 Å². The minimum Gasteiger partial charge on any atom is -0.449 e. The van der Waals surface area contributed by atoms with Gasteiger partial charge < -0.3 is 10.1 Å². The van der Waals surface area contributed by atoms with Gasteiger partial charge in [0, 0.05) is 27.4 Å². The predicted molar refractivity (Wildman–Crippen MR) is 96.9 cm³/mol. The number of thiophene rings is 1. The molecule has 0 saturated carbocycles. The molecule has 0 saturated heterocycles. The van der Waals surface area contributed by atoms with Gasteiger partial charge in [0.05, 0.1) is 0 Å². The van der Waals surface area contributed by atoms with Crippen LogP contribution in [0, 0.1) is 6.92 Å².